The van der Waals surface area contributed by atoms with Gasteiger partial charge in [0.1, 0.15) is 0 Å². The highest BCUT2D eigenvalue weighted by Gasteiger charge is 2.07. The Kier molecular flexibility index (Phi) is 24.5. The highest BCUT2D eigenvalue weighted by molar-refractivity contribution is 4.56. The van der Waals surface area contributed by atoms with E-state index in [0.29, 0.717) is 6.10 Å². The Morgan fingerprint density at radius 1 is 0.857 bits per heavy atom. The monoisotopic (exact) mass is 302 g/mol. The van der Waals surface area contributed by atoms with Crippen LogP contribution in [0.15, 0.2) is 0 Å². The summed E-state index contributed by atoms with van der Waals surface area (Å²) in [4.78, 5) is 0. The average molecular weight is 303 g/mol. The molecule has 1 heterocycles. The molecule has 1 saturated heterocycles. The van der Waals surface area contributed by atoms with Crippen LogP contribution in [0.1, 0.15) is 98.3 Å². The second-order valence-corrected chi connectivity index (χ2v) is 5.94. The molecular weight excluding hydrogens is 260 g/mol. The first kappa shape index (κ1) is 23.2. The van der Waals surface area contributed by atoms with Gasteiger partial charge in [-0.2, -0.15) is 0 Å². The minimum absolute atomic E-state index is 0.546. The van der Waals surface area contributed by atoms with E-state index in [1.54, 1.807) is 7.11 Å². The van der Waals surface area contributed by atoms with Crippen LogP contribution in [0.2, 0.25) is 0 Å². The Hall–Kier alpha value is -0.0800. The van der Waals surface area contributed by atoms with Gasteiger partial charge in [0.25, 0.3) is 0 Å². The third-order valence-electron chi connectivity index (χ3n) is 3.57. The third kappa shape index (κ3) is 25.2. The first-order valence-corrected chi connectivity index (χ1v) is 9.33. The molecule has 1 fully saturated rings. The summed E-state index contributed by atoms with van der Waals surface area (Å²) in [6.45, 7) is 10.7. The Morgan fingerprint density at radius 2 is 1.38 bits per heavy atom. The number of hydrogen-bond acceptors (Lipinski definition) is 2. The van der Waals surface area contributed by atoms with Gasteiger partial charge in [-0.25, -0.2) is 0 Å². The minimum atomic E-state index is 0.546. The van der Waals surface area contributed by atoms with Gasteiger partial charge in [-0.3, -0.25) is 0 Å². The summed E-state index contributed by atoms with van der Waals surface area (Å²) in [5, 5.41) is 0. The highest BCUT2D eigenvalue weighted by atomic mass is 16.5. The molecule has 0 radical (unpaired) electrons. The van der Waals surface area contributed by atoms with Crippen LogP contribution in [-0.4, -0.2) is 26.4 Å². The maximum absolute atomic E-state index is 5.15. The van der Waals surface area contributed by atoms with Crippen molar-refractivity contribution < 1.29 is 9.47 Å². The maximum Gasteiger partial charge on any atom is 0.0547 e. The van der Waals surface area contributed by atoms with E-state index in [1.807, 2.05) is 0 Å². The molecule has 0 aliphatic carbocycles. The van der Waals surface area contributed by atoms with Gasteiger partial charge in [-0.05, 0) is 26.2 Å². The number of hydrogen-bond donors (Lipinski definition) is 0. The molecule has 0 saturated carbocycles. The number of unbranched alkanes of at least 4 members (excludes halogenated alkanes) is 7. The van der Waals surface area contributed by atoms with Crippen LogP contribution in [0.5, 0.6) is 0 Å². The van der Waals surface area contributed by atoms with Crippen molar-refractivity contribution in [2.45, 2.75) is 104 Å². The van der Waals surface area contributed by atoms with E-state index in [0.717, 1.165) is 13.2 Å². The van der Waals surface area contributed by atoms with Gasteiger partial charge < -0.3 is 9.47 Å². The highest BCUT2D eigenvalue weighted by Crippen LogP contribution is 2.09. The van der Waals surface area contributed by atoms with E-state index >= 15 is 0 Å². The van der Waals surface area contributed by atoms with Crippen LogP contribution in [-0.2, 0) is 9.47 Å². The van der Waals surface area contributed by atoms with E-state index < -0.39 is 0 Å². The van der Waals surface area contributed by atoms with E-state index in [-0.39, 0.29) is 0 Å². The van der Waals surface area contributed by atoms with Crippen LogP contribution < -0.4 is 0 Å². The molecule has 21 heavy (non-hydrogen) atoms. The Balaban J connectivity index is 0. The van der Waals surface area contributed by atoms with Crippen molar-refractivity contribution in [3.63, 3.8) is 0 Å². The maximum atomic E-state index is 5.15. The predicted molar refractivity (Wildman–Crippen MR) is 95.1 cm³/mol. The van der Waals surface area contributed by atoms with Crippen molar-refractivity contribution in [1.82, 2.24) is 0 Å². The van der Waals surface area contributed by atoms with Crippen molar-refractivity contribution in [2.75, 3.05) is 20.3 Å². The van der Waals surface area contributed by atoms with Gasteiger partial charge in [0.05, 0.1) is 6.10 Å². The summed E-state index contributed by atoms with van der Waals surface area (Å²) in [6.07, 6.45) is 15.3. The Bertz CT molecular complexity index is 144. The molecule has 0 bridgehead atoms. The van der Waals surface area contributed by atoms with Crippen molar-refractivity contribution in [2.24, 2.45) is 0 Å². The molecule has 0 amide bonds. The smallest absolute Gasteiger partial charge is 0.0547 e. The molecule has 1 aliphatic rings. The third-order valence-corrected chi connectivity index (χ3v) is 3.57. The zero-order valence-electron chi connectivity index (χ0n) is 15.6. The largest absolute Gasteiger partial charge is 0.385 e. The molecule has 1 atom stereocenters. The molecule has 2 heteroatoms. The van der Waals surface area contributed by atoms with Gasteiger partial charge >= 0.3 is 0 Å². The zero-order chi connectivity index (χ0) is 16.2. The Morgan fingerprint density at radius 3 is 1.67 bits per heavy atom. The standard InChI is InChI=1S/C7H16O.C7H16.C5H10O/c1-3-4-5-6-7-8-2;1-3-5-7-6-4-2;1-5-3-2-4-6-5/h3-7H2,1-2H3;3-7H2,1-2H3;5H,2-4H2,1H3. The first-order chi connectivity index (χ1) is 10.2. The summed E-state index contributed by atoms with van der Waals surface area (Å²) in [5.41, 5.74) is 0. The van der Waals surface area contributed by atoms with E-state index in [2.05, 4.69) is 27.7 Å². The molecule has 0 aromatic carbocycles. The predicted octanol–water partition coefficient (Wildman–Crippen LogP) is 6.38. The van der Waals surface area contributed by atoms with Crippen LogP contribution in [0.3, 0.4) is 0 Å². The molecule has 0 aromatic rings. The van der Waals surface area contributed by atoms with Gasteiger partial charge in [-0.15, -0.1) is 0 Å². The first-order valence-electron chi connectivity index (χ1n) is 9.33. The van der Waals surface area contributed by atoms with E-state index in [1.165, 1.54) is 70.6 Å². The molecule has 1 aliphatic heterocycles. The van der Waals surface area contributed by atoms with Crippen molar-refractivity contribution >= 4 is 0 Å². The molecule has 130 valence electrons. The molecule has 0 N–H and O–H groups in total. The second-order valence-electron chi connectivity index (χ2n) is 5.94. The molecule has 1 unspecified atom stereocenters. The van der Waals surface area contributed by atoms with Crippen LogP contribution >= 0.6 is 0 Å². The Labute approximate surface area is 135 Å². The van der Waals surface area contributed by atoms with Crippen molar-refractivity contribution in [3.8, 4) is 0 Å². The van der Waals surface area contributed by atoms with Gasteiger partial charge in [0, 0.05) is 20.3 Å². The fourth-order valence-electron chi connectivity index (χ4n) is 2.09. The quantitative estimate of drug-likeness (QED) is 0.460. The second kappa shape index (κ2) is 22.2. The van der Waals surface area contributed by atoms with Crippen LogP contribution in [0.4, 0.5) is 0 Å². The minimum Gasteiger partial charge on any atom is -0.385 e. The molecule has 2 nitrogen and oxygen atoms in total. The fraction of sp³-hybridized carbons (Fsp3) is 1.00. The molecule has 0 aromatic heterocycles. The molecule has 0 spiro atoms. The lowest BCUT2D eigenvalue weighted by molar-refractivity contribution is 0.125. The molecule has 1 rings (SSSR count). The number of ether oxygens (including phenoxy) is 2. The van der Waals surface area contributed by atoms with Gasteiger partial charge in [-0.1, -0.05) is 72.1 Å². The van der Waals surface area contributed by atoms with Crippen LogP contribution in [0.25, 0.3) is 0 Å². The summed E-state index contributed by atoms with van der Waals surface area (Å²) in [7, 11) is 1.76. The van der Waals surface area contributed by atoms with Gasteiger partial charge in [0.2, 0.25) is 0 Å². The SMILES string of the molecule is CC1CCCO1.CCCCCCC.CCCCCCOC. The normalized spacial score (nSPS) is 16.7. The average Bonchev–Trinajstić information content (AvgIpc) is 2.97. The van der Waals surface area contributed by atoms with Crippen LogP contribution in [0, 0.1) is 0 Å². The van der Waals surface area contributed by atoms with Gasteiger partial charge in [0.15, 0.2) is 0 Å². The van der Waals surface area contributed by atoms with Crippen molar-refractivity contribution in [1.29, 1.82) is 0 Å². The van der Waals surface area contributed by atoms with Crippen molar-refractivity contribution in [3.05, 3.63) is 0 Å². The summed E-state index contributed by atoms with van der Waals surface area (Å²) >= 11 is 0. The molecular formula is C19H42O2. The summed E-state index contributed by atoms with van der Waals surface area (Å²) < 4.78 is 10.0. The fourth-order valence-corrected chi connectivity index (χ4v) is 2.09. The lowest BCUT2D eigenvalue weighted by Crippen LogP contribution is -1.94. The zero-order valence-corrected chi connectivity index (χ0v) is 15.6. The summed E-state index contributed by atoms with van der Waals surface area (Å²) in [6, 6.07) is 0. The lowest BCUT2D eigenvalue weighted by Gasteiger charge is -1.95. The van der Waals surface area contributed by atoms with E-state index in [4.69, 9.17) is 9.47 Å². The topological polar surface area (TPSA) is 18.5 Å². The number of rotatable bonds is 9. The van der Waals surface area contributed by atoms with E-state index in [9.17, 15) is 0 Å². The number of methoxy groups -OCH3 is 1. The summed E-state index contributed by atoms with van der Waals surface area (Å²) in [5.74, 6) is 0. The lowest BCUT2D eigenvalue weighted by atomic mass is 10.2.